The van der Waals surface area contributed by atoms with Gasteiger partial charge < -0.3 is 5.32 Å². The average Bonchev–Trinajstić information content (AvgIpc) is 2.72. The lowest BCUT2D eigenvalue weighted by atomic mass is 10.0. The zero-order chi connectivity index (χ0) is 20.9. The van der Waals surface area contributed by atoms with E-state index in [1.54, 1.807) is 18.2 Å². The van der Waals surface area contributed by atoms with Crippen molar-refractivity contribution in [3.05, 3.63) is 78.4 Å². The fraction of sp³-hybridized carbons (Fsp3) is 0.261. The van der Waals surface area contributed by atoms with Gasteiger partial charge in [-0.3, -0.25) is 4.79 Å². The molecule has 0 bridgehead atoms. The lowest BCUT2D eigenvalue weighted by molar-refractivity contribution is -0.123. The van der Waals surface area contributed by atoms with Crippen molar-refractivity contribution in [1.29, 1.82) is 0 Å². The molecule has 1 atom stereocenters. The molecule has 2 N–H and O–H groups in total. The summed E-state index contributed by atoms with van der Waals surface area (Å²) in [7, 11) is -3.83. The Morgan fingerprint density at radius 3 is 2.24 bits per heavy atom. The van der Waals surface area contributed by atoms with E-state index < -0.39 is 16.1 Å². The summed E-state index contributed by atoms with van der Waals surface area (Å²) in [4.78, 5) is 12.8. The highest BCUT2D eigenvalue weighted by Gasteiger charge is 2.28. The summed E-state index contributed by atoms with van der Waals surface area (Å²) in [5.41, 5.74) is 1.12. The van der Waals surface area contributed by atoms with E-state index in [0.29, 0.717) is 13.0 Å². The second-order valence-electron chi connectivity index (χ2n) is 7.38. The van der Waals surface area contributed by atoms with Crippen molar-refractivity contribution in [2.24, 2.45) is 5.92 Å². The van der Waals surface area contributed by atoms with E-state index in [1.807, 2.05) is 68.4 Å². The summed E-state index contributed by atoms with van der Waals surface area (Å²) in [6.07, 6.45) is 0.689. The number of benzene rings is 3. The standard InChI is InChI=1S/C23H26N2O3S/c1-17(2)22(23(26)24-15-14-18-8-4-3-5-9-18)25-29(27,28)21-13-12-19-10-6-7-11-20(19)16-21/h3-13,16-17,22,25H,14-15H2,1-2H3,(H,24,26). The summed E-state index contributed by atoms with van der Waals surface area (Å²) >= 11 is 0. The molecule has 29 heavy (non-hydrogen) atoms. The maximum absolute atomic E-state index is 12.9. The van der Waals surface area contributed by atoms with Crippen molar-refractivity contribution in [3.8, 4) is 0 Å². The van der Waals surface area contributed by atoms with Crippen LogP contribution in [0.15, 0.2) is 77.7 Å². The third kappa shape index (κ3) is 5.43. The topological polar surface area (TPSA) is 75.3 Å². The minimum atomic E-state index is -3.83. The molecule has 0 radical (unpaired) electrons. The van der Waals surface area contributed by atoms with Crippen LogP contribution in [0.5, 0.6) is 0 Å². The molecule has 0 aliphatic heterocycles. The molecule has 3 rings (SSSR count). The Balaban J connectivity index is 1.70. The van der Waals surface area contributed by atoms with Crippen LogP contribution in [0, 0.1) is 5.92 Å². The summed E-state index contributed by atoms with van der Waals surface area (Å²) in [5, 5.41) is 4.65. The molecule has 0 aromatic heterocycles. The lowest BCUT2D eigenvalue weighted by Gasteiger charge is -2.22. The number of hydrogen-bond acceptors (Lipinski definition) is 3. The number of fused-ring (bicyclic) bond motifs is 1. The lowest BCUT2D eigenvalue weighted by Crippen LogP contribution is -2.49. The summed E-state index contributed by atoms with van der Waals surface area (Å²) in [6.45, 7) is 4.10. The van der Waals surface area contributed by atoms with Gasteiger partial charge in [-0.1, -0.05) is 74.5 Å². The van der Waals surface area contributed by atoms with Gasteiger partial charge in [-0.05, 0) is 40.8 Å². The van der Waals surface area contributed by atoms with Crippen molar-refractivity contribution in [2.75, 3.05) is 6.54 Å². The van der Waals surface area contributed by atoms with Gasteiger partial charge in [0, 0.05) is 6.54 Å². The van der Waals surface area contributed by atoms with E-state index in [4.69, 9.17) is 0 Å². The number of carbonyl (C=O) groups excluding carboxylic acids is 1. The molecule has 152 valence electrons. The highest BCUT2D eigenvalue weighted by molar-refractivity contribution is 7.89. The maximum atomic E-state index is 12.9. The smallest absolute Gasteiger partial charge is 0.241 e. The Morgan fingerprint density at radius 1 is 0.897 bits per heavy atom. The van der Waals surface area contributed by atoms with Crippen LogP contribution >= 0.6 is 0 Å². The van der Waals surface area contributed by atoms with Crippen LogP contribution in [0.25, 0.3) is 10.8 Å². The van der Waals surface area contributed by atoms with E-state index in [-0.39, 0.29) is 16.7 Å². The maximum Gasteiger partial charge on any atom is 0.241 e. The number of amides is 1. The molecule has 3 aromatic carbocycles. The molecule has 5 nitrogen and oxygen atoms in total. The van der Waals surface area contributed by atoms with Gasteiger partial charge in [-0.2, -0.15) is 4.72 Å². The highest BCUT2D eigenvalue weighted by atomic mass is 32.2. The Kier molecular flexibility index (Phi) is 6.67. The van der Waals surface area contributed by atoms with Gasteiger partial charge >= 0.3 is 0 Å². The van der Waals surface area contributed by atoms with Gasteiger partial charge in [0.15, 0.2) is 0 Å². The highest BCUT2D eigenvalue weighted by Crippen LogP contribution is 2.19. The van der Waals surface area contributed by atoms with Crippen LogP contribution < -0.4 is 10.0 Å². The summed E-state index contributed by atoms with van der Waals surface area (Å²) in [6, 6.07) is 21.5. The van der Waals surface area contributed by atoms with Crippen LogP contribution in [0.2, 0.25) is 0 Å². The van der Waals surface area contributed by atoms with Crippen molar-refractivity contribution >= 4 is 26.7 Å². The summed E-state index contributed by atoms with van der Waals surface area (Å²) in [5.74, 6) is -0.512. The number of sulfonamides is 1. The molecule has 3 aromatic rings. The van der Waals surface area contributed by atoms with Gasteiger partial charge in [-0.15, -0.1) is 0 Å². The second-order valence-corrected chi connectivity index (χ2v) is 9.09. The van der Waals surface area contributed by atoms with Crippen LogP contribution in [-0.4, -0.2) is 26.9 Å². The summed E-state index contributed by atoms with van der Waals surface area (Å²) < 4.78 is 28.4. The molecule has 0 aliphatic carbocycles. The van der Waals surface area contributed by atoms with E-state index >= 15 is 0 Å². The monoisotopic (exact) mass is 410 g/mol. The molecule has 0 saturated heterocycles. The van der Waals surface area contributed by atoms with Crippen LogP contribution in [0.4, 0.5) is 0 Å². The fourth-order valence-corrected chi connectivity index (χ4v) is 4.53. The molecule has 0 heterocycles. The number of hydrogen-bond donors (Lipinski definition) is 2. The first-order valence-electron chi connectivity index (χ1n) is 9.69. The molecular formula is C23H26N2O3S. The zero-order valence-corrected chi connectivity index (χ0v) is 17.4. The predicted octanol–water partition coefficient (Wildman–Crippen LogP) is 3.50. The van der Waals surface area contributed by atoms with Crippen LogP contribution in [0.3, 0.4) is 0 Å². The van der Waals surface area contributed by atoms with Crippen LogP contribution in [0.1, 0.15) is 19.4 Å². The molecule has 0 aliphatic rings. The van der Waals surface area contributed by atoms with Gasteiger partial charge in [0.25, 0.3) is 0 Å². The minimum Gasteiger partial charge on any atom is -0.354 e. The quantitative estimate of drug-likeness (QED) is 0.597. The Morgan fingerprint density at radius 2 is 1.55 bits per heavy atom. The predicted molar refractivity (Wildman–Crippen MR) is 116 cm³/mol. The molecule has 0 saturated carbocycles. The van der Waals surface area contributed by atoms with Crippen molar-refractivity contribution in [2.45, 2.75) is 31.2 Å². The zero-order valence-electron chi connectivity index (χ0n) is 16.6. The normalized spacial score (nSPS) is 12.8. The largest absolute Gasteiger partial charge is 0.354 e. The van der Waals surface area contributed by atoms with E-state index in [1.165, 1.54) is 0 Å². The van der Waals surface area contributed by atoms with Crippen molar-refractivity contribution in [1.82, 2.24) is 10.0 Å². The van der Waals surface area contributed by atoms with Crippen molar-refractivity contribution in [3.63, 3.8) is 0 Å². The van der Waals surface area contributed by atoms with E-state index in [0.717, 1.165) is 16.3 Å². The minimum absolute atomic E-state index is 0.152. The number of carbonyl (C=O) groups is 1. The average molecular weight is 411 g/mol. The molecule has 1 amide bonds. The van der Waals surface area contributed by atoms with Gasteiger partial charge in [0.05, 0.1) is 4.90 Å². The molecule has 6 heteroatoms. The first-order valence-corrected chi connectivity index (χ1v) is 11.2. The Labute approximate surface area is 172 Å². The van der Waals surface area contributed by atoms with E-state index in [2.05, 4.69) is 10.0 Å². The fourth-order valence-electron chi connectivity index (χ4n) is 3.15. The van der Waals surface area contributed by atoms with Gasteiger partial charge in [-0.25, -0.2) is 8.42 Å². The molecule has 0 fully saturated rings. The molecule has 1 unspecified atom stereocenters. The van der Waals surface area contributed by atoms with Crippen molar-refractivity contribution < 1.29 is 13.2 Å². The molecule has 0 spiro atoms. The third-order valence-corrected chi connectivity index (χ3v) is 6.26. The SMILES string of the molecule is CC(C)C(NS(=O)(=O)c1ccc2ccccc2c1)C(=O)NCCc1ccccc1. The van der Waals surface area contributed by atoms with Crippen LogP contribution in [-0.2, 0) is 21.2 Å². The first-order chi connectivity index (χ1) is 13.9. The number of rotatable bonds is 8. The molecular weight excluding hydrogens is 384 g/mol. The van der Waals surface area contributed by atoms with Gasteiger partial charge in [0.1, 0.15) is 6.04 Å². The van der Waals surface area contributed by atoms with Gasteiger partial charge in [0.2, 0.25) is 15.9 Å². The first kappa shape index (κ1) is 21.0. The Bertz CT molecular complexity index is 1080. The number of nitrogens with one attached hydrogen (secondary N) is 2. The Hall–Kier alpha value is -2.70. The van der Waals surface area contributed by atoms with E-state index in [9.17, 15) is 13.2 Å². The second kappa shape index (κ2) is 9.20. The third-order valence-electron chi connectivity index (χ3n) is 4.82.